The van der Waals surface area contributed by atoms with Crippen molar-refractivity contribution in [3.63, 3.8) is 0 Å². The second kappa shape index (κ2) is 16.8. The summed E-state index contributed by atoms with van der Waals surface area (Å²) in [5.41, 5.74) is 0.589. The number of hydrogen-bond acceptors (Lipinski definition) is 0. The van der Waals surface area contributed by atoms with E-state index in [9.17, 15) is 0 Å². The normalized spacial score (nSPS) is 12.0. The Kier molecular flexibility index (Phi) is 16.8. The number of rotatable bonds is 18. The molecule has 23 heavy (non-hydrogen) atoms. The summed E-state index contributed by atoms with van der Waals surface area (Å²) in [5, 5.41) is 0. The van der Waals surface area contributed by atoms with Crippen LogP contribution < -0.4 is 0 Å². The van der Waals surface area contributed by atoms with Gasteiger partial charge in [0.25, 0.3) is 0 Å². The van der Waals surface area contributed by atoms with E-state index in [2.05, 4.69) is 27.7 Å². The molecule has 0 aliphatic rings. The molecule has 0 saturated heterocycles. The van der Waals surface area contributed by atoms with Gasteiger partial charge in [-0.1, -0.05) is 130 Å². The lowest BCUT2D eigenvalue weighted by atomic mass is 9.83. The maximum absolute atomic E-state index is 2.44. The van der Waals surface area contributed by atoms with Gasteiger partial charge in [-0.25, -0.2) is 0 Å². The minimum Gasteiger partial charge on any atom is -0.0654 e. The van der Waals surface area contributed by atoms with Crippen LogP contribution in [0.5, 0.6) is 0 Å². The quantitative estimate of drug-likeness (QED) is 0.220. The molecule has 0 aromatic carbocycles. The number of hydrogen-bond donors (Lipinski definition) is 0. The average Bonchev–Trinajstić information content (AvgIpc) is 2.51. The van der Waals surface area contributed by atoms with Crippen LogP contribution in [0.2, 0.25) is 0 Å². The highest BCUT2D eigenvalue weighted by molar-refractivity contribution is 4.67. The zero-order valence-electron chi connectivity index (χ0n) is 17.2. The third-order valence-corrected chi connectivity index (χ3v) is 5.38. The summed E-state index contributed by atoms with van der Waals surface area (Å²) in [7, 11) is 0. The first-order chi connectivity index (χ1) is 11.1. The zero-order chi connectivity index (χ0) is 17.2. The van der Waals surface area contributed by atoms with Crippen molar-refractivity contribution < 1.29 is 0 Å². The highest BCUT2D eigenvalue weighted by Gasteiger charge is 2.15. The van der Waals surface area contributed by atoms with Gasteiger partial charge in [0.15, 0.2) is 0 Å². The van der Waals surface area contributed by atoms with Crippen molar-refractivity contribution in [2.75, 3.05) is 0 Å². The van der Waals surface area contributed by atoms with Crippen LogP contribution in [0.3, 0.4) is 0 Å². The first kappa shape index (κ1) is 23.0. The molecule has 0 atom stereocenters. The van der Waals surface area contributed by atoms with E-state index in [1.165, 1.54) is 116 Å². The summed E-state index contributed by atoms with van der Waals surface area (Å²) in [5.74, 6) is 0. The Hall–Kier alpha value is 0. The summed E-state index contributed by atoms with van der Waals surface area (Å²) in [6.07, 6.45) is 26.2. The molecular formula is C23H48. The average molecular weight is 325 g/mol. The summed E-state index contributed by atoms with van der Waals surface area (Å²) in [6.45, 7) is 9.50. The molecule has 0 bridgehead atoms. The Labute approximate surface area is 149 Å². The molecule has 0 heterocycles. The number of unbranched alkanes of at least 4 members (excludes halogenated alkanes) is 14. The lowest BCUT2D eigenvalue weighted by molar-refractivity contribution is 0.291. The van der Waals surface area contributed by atoms with Crippen molar-refractivity contribution in [1.82, 2.24) is 0 Å². The van der Waals surface area contributed by atoms with Crippen LogP contribution in [-0.4, -0.2) is 0 Å². The lowest BCUT2D eigenvalue weighted by Gasteiger charge is -2.23. The van der Waals surface area contributed by atoms with Gasteiger partial charge in [0.2, 0.25) is 0 Å². The Balaban J connectivity index is 3.11. The molecule has 0 heteroatoms. The third kappa shape index (κ3) is 18.2. The van der Waals surface area contributed by atoms with Crippen LogP contribution in [-0.2, 0) is 0 Å². The molecule has 0 aromatic rings. The molecule has 0 fully saturated rings. The zero-order valence-corrected chi connectivity index (χ0v) is 17.2. The van der Waals surface area contributed by atoms with Crippen molar-refractivity contribution in [3.8, 4) is 0 Å². The molecule has 0 aliphatic carbocycles. The molecule has 0 radical (unpaired) electrons. The Bertz CT molecular complexity index is 216. The van der Waals surface area contributed by atoms with Gasteiger partial charge in [-0.2, -0.15) is 0 Å². The first-order valence-electron chi connectivity index (χ1n) is 11.1. The highest BCUT2D eigenvalue weighted by Crippen LogP contribution is 2.29. The molecule has 0 spiro atoms. The predicted molar refractivity (Wildman–Crippen MR) is 108 cm³/mol. The van der Waals surface area contributed by atoms with E-state index >= 15 is 0 Å². The Morgan fingerprint density at radius 3 is 1.09 bits per heavy atom. The van der Waals surface area contributed by atoms with E-state index in [4.69, 9.17) is 0 Å². The largest absolute Gasteiger partial charge is 0.0654 e. The maximum atomic E-state index is 2.44. The highest BCUT2D eigenvalue weighted by atomic mass is 14.2. The van der Waals surface area contributed by atoms with Gasteiger partial charge in [0.1, 0.15) is 0 Å². The van der Waals surface area contributed by atoms with Crippen molar-refractivity contribution in [1.29, 1.82) is 0 Å². The molecule has 0 nitrogen and oxygen atoms in total. The van der Waals surface area contributed by atoms with Gasteiger partial charge in [0.05, 0.1) is 0 Å². The van der Waals surface area contributed by atoms with Crippen molar-refractivity contribution in [2.24, 2.45) is 5.41 Å². The van der Waals surface area contributed by atoms with E-state index in [-0.39, 0.29) is 0 Å². The van der Waals surface area contributed by atoms with Crippen molar-refractivity contribution in [3.05, 3.63) is 0 Å². The minimum absolute atomic E-state index is 0.589. The molecule has 0 N–H and O–H groups in total. The molecular weight excluding hydrogens is 276 g/mol. The monoisotopic (exact) mass is 324 g/mol. The van der Waals surface area contributed by atoms with Gasteiger partial charge in [0, 0.05) is 0 Å². The van der Waals surface area contributed by atoms with E-state index < -0.39 is 0 Å². The molecule has 0 amide bonds. The second-order valence-corrected chi connectivity index (χ2v) is 8.61. The Morgan fingerprint density at radius 2 is 0.739 bits per heavy atom. The lowest BCUT2D eigenvalue weighted by Crippen LogP contribution is -2.10. The molecule has 0 rings (SSSR count). The topological polar surface area (TPSA) is 0 Å². The fourth-order valence-corrected chi connectivity index (χ4v) is 3.78. The standard InChI is InChI=1S/C23H48/c1-5-7-8-9-10-11-12-13-14-15-16-17-18-19-20-22-23(3,4)21-6-2/h5-22H2,1-4H3. The van der Waals surface area contributed by atoms with E-state index in [1.54, 1.807) is 0 Å². The predicted octanol–water partition coefficient (Wildman–Crippen LogP) is 9.07. The minimum atomic E-state index is 0.589. The second-order valence-electron chi connectivity index (χ2n) is 8.61. The summed E-state index contributed by atoms with van der Waals surface area (Å²) < 4.78 is 0. The van der Waals surface area contributed by atoms with Gasteiger partial charge in [-0.15, -0.1) is 0 Å². The maximum Gasteiger partial charge on any atom is -0.0354 e. The van der Waals surface area contributed by atoms with Crippen molar-refractivity contribution in [2.45, 2.75) is 143 Å². The van der Waals surface area contributed by atoms with Crippen LogP contribution >= 0.6 is 0 Å². The molecule has 140 valence electrons. The SMILES string of the molecule is CCCCCCCCCCCCCCCCCC(C)(C)CCC. The summed E-state index contributed by atoms with van der Waals surface area (Å²) in [6, 6.07) is 0. The summed E-state index contributed by atoms with van der Waals surface area (Å²) >= 11 is 0. The van der Waals surface area contributed by atoms with E-state index in [0.29, 0.717) is 5.41 Å². The Morgan fingerprint density at radius 1 is 0.391 bits per heavy atom. The van der Waals surface area contributed by atoms with Gasteiger partial charge >= 0.3 is 0 Å². The van der Waals surface area contributed by atoms with Crippen LogP contribution in [0.4, 0.5) is 0 Å². The van der Waals surface area contributed by atoms with Crippen LogP contribution in [0.15, 0.2) is 0 Å². The van der Waals surface area contributed by atoms with Crippen LogP contribution in [0.1, 0.15) is 143 Å². The third-order valence-electron chi connectivity index (χ3n) is 5.38. The van der Waals surface area contributed by atoms with Crippen LogP contribution in [0.25, 0.3) is 0 Å². The molecule has 0 aliphatic heterocycles. The fraction of sp³-hybridized carbons (Fsp3) is 1.00. The summed E-state index contributed by atoms with van der Waals surface area (Å²) in [4.78, 5) is 0. The van der Waals surface area contributed by atoms with Gasteiger partial charge < -0.3 is 0 Å². The molecule has 0 saturated carbocycles. The van der Waals surface area contributed by atoms with Crippen LogP contribution in [0, 0.1) is 5.41 Å². The van der Waals surface area contributed by atoms with Gasteiger partial charge in [-0.3, -0.25) is 0 Å². The van der Waals surface area contributed by atoms with E-state index in [1.807, 2.05) is 0 Å². The smallest absolute Gasteiger partial charge is 0.0354 e. The fourth-order valence-electron chi connectivity index (χ4n) is 3.78. The molecule has 0 unspecified atom stereocenters. The van der Waals surface area contributed by atoms with Gasteiger partial charge in [-0.05, 0) is 18.3 Å². The molecule has 0 aromatic heterocycles. The van der Waals surface area contributed by atoms with E-state index in [0.717, 1.165) is 0 Å². The van der Waals surface area contributed by atoms with Crippen molar-refractivity contribution >= 4 is 0 Å². The first-order valence-corrected chi connectivity index (χ1v) is 11.1.